The topological polar surface area (TPSA) is 36.4 Å². The monoisotopic (exact) mass is 475 g/mol. The lowest BCUT2D eigenvalue weighted by molar-refractivity contribution is 0.0437. The number of carbonyl (C=O) groups is 1. The zero-order valence-corrected chi connectivity index (χ0v) is 21.0. The molecule has 2 aliphatic rings. The Balaban J connectivity index is 1.16. The van der Waals surface area contributed by atoms with E-state index in [1.54, 1.807) is 6.20 Å². The number of rotatable bonds is 4. The molecule has 178 valence electrons. The number of piperidine rings is 2. The smallest absolute Gasteiger partial charge is 0.254 e. The van der Waals surface area contributed by atoms with Crippen LogP contribution in [0.15, 0.2) is 54.7 Å². The zero-order valence-electron chi connectivity index (χ0n) is 20.2. The summed E-state index contributed by atoms with van der Waals surface area (Å²) in [6.45, 7) is 8.43. The van der Waals surface area contributed by atoms with Crippen LogP contribution in [0.4, 0.5) is 0 Å². The maximum absolute atomic E-state index is 13.3. The molecule has 5 heteroatoms. The van der Waals surface area contributed by atoms with Gasteiger partial charge in [-0.25, -0.2) is 0 Å². The third-order valence-corrected chi connectivity index (χ3v) is 8.40. The highest BCUT2D eigenvalue weighted by molar-refractivity contribution is 6.31. The molecule has 1 aromatic heterocycles. The Hall–Kier alpha value is -2.43. The lowest BCUT2D eigenvalue weighted by Crippen LogP contribution is -2.51. The number of nitrogens with zero attached hydrogens (tertiary/aromatic N) is 3. The Bertz CT molecular complexity index is 1170. The maximum atomic E-state index is 13.3. The van der Waals surface area contributed by atoms with Crippen LogP contribution in [-0.2, 0) is 6.42 Å². The summed E-state index contributed by atoms with van der Waals surface area (Å²) in [6.07, 6.45) is 6.20. The van der Waals surface area contributed by atoms with Gasteiger partial charge >= 0.3 is 0 Å². The second-order valence-corrected chi connectivity index (χ2v) is 10.6. The molecular formula is C29H34ClN3O. The molecule has 4 nitrogen and oxygen atoms in total. The molecule has 0 N–H and O–H groups in total. The highest BCUT2D eigenvalue weighted by Gasteiger charge is 2.33. The summed E-state index contributed by atoms with van der Waals surface area (Å²) in [4.78, 5) is 22.4. The number of benzene rings is 2. The van der Waals surface area contributed by atoms with Crippen molar-refractivity contribution in [3.8, 4) is 0 Å². The molecule has 2 unspecified atom stereocenters. The van der Waals surface area contributed by atoms with Gasteiger partial charge in [-0.3, -0.25) is 14.7 Å². The van der Waals surface area contributed by atoms with Crippen LogP contribution >= 0.6 is 11.6 Å². The fraction of sp³-hybridized carbons (Fsp3) is 0.448. The first-order valence-corrected chi connectivity index (χ1v) is 13.0. The van der Waals surface area contributed by atoms with Crippen molar-refractivity contribution in [1.82, 2.24) is 14.8 Å². The average molecular weight is 476 g/mol. The maximum Gasteiger partial charge on any atom is 0.254 e. The van der Waals surface area contributed by atoms with Gasteiger partial charge in [0.1, 0.15) is 0 Å². The molecular weight excluding hydrogens is 442 g/mol. The van der Waals surface area contributed by atoms with Crippen molar-refractivity contribution < 1.29 is 4.79 Å². The van der Waals surface area contributed by atoms with Crippen molar-refractivity contribution in [3.63, 3.8) is 0 Å². The Labute approximate surface area is 207 Å². The van der Waals surface area contributed by atoms with Gasteiger partial charge in [0.25, 0.3) is 5.91 Å². The zero-order chi connectivity index (χ0) is 23.7. The van der Waals surface area contributed by atoms with Gasteiger partial charge in [-0.2, -0.15) is 0 Å². The van der Waals surface area contributed by atoms with Crippen LogP contribution in [0, 0.1) is 18.8 Å². The Kier molecular flexibility index (Phi) is 6.89. The fourth-order valence-corrected chi connectivity index (χ4v) is 6.02. The second-order valence-electron chi connectivity index (χ2n) is 10.2. The summed E-state index contributed by atoms with van der Waals surface area (Å²) in [5, 5.41) is 1.83. The van der Waals surface area contributed by atoms with E-state index < -0.39 is 0 Å². The van der Waals surface area contributed by atoms with E-state index in [-0.39, 0.29) is 5.91 Å². The van der Waals surface area contributed by atoms with Gasteiger partial charge in [0.05, 0.1) is 11.1 Å². The molecule has 34 heavy (non-hydrogen) atoms. The van der Waals surface area contributed by atoms with Crippen molar-refractivity contribution >= 4 is 28.4 Å². The van der Waals surface area contributed by atoms with Gasteiger partial charge in [0, 0.05) is 42.3 Å². The van der Waals surface area contributed by atoms with E-state index in [2.05, 4.69) is 41.9 Å². The first-order valence-electron chi connectivity index (χ1n) is 12.6. The SMILES string of the molecule is Cc1ccc(CC2CCN(C3CCN(C(=O)c4ccnc5ccccc45)CC3)CC2C)cc1Cl. The summed E-state index contributed by atoms with van der Waals surface area (Å²) in [7, 11) is 0. The molecule has 5 rings (SSSR count). The van der Waals surface area contributed by atoms with Crippen LogP contribution in [0.3, 0.4) is 0 Å². The first kappa shape index (κ1) is 23.3. The average Bonchev–Trinajstić information content (AvgIpc) is 2.87. The van der Waals surface area contributed by atoms with Crippen LogP contribution in [-0.4, -0.2) is 52.9 Å². The van der Waals surface area contributed by atoms with Crippen molar-refractivity contribution in [2.24, 2.45) is 11.8 Å². The Morgan fingerprint density at radius 1 is 1.06 bits per heavy atom. The molecule has 2 aliphatic heterocycles. The third kappa shape index (κ3) is 4.85. The summed E-state index contributed by atoms with van der Waals surface area (Å²) in [5.74, 6) is 1.51. The van der Waals surface area contributed by atoms with Crippen LogP contribution in [0.2, 0.25) is 5.02 Å². The van der Waals surface area contributed by atoms with E-state index in [4.69, 9.17) is 11.6 Å². The number of hydrogen-bond donors (Lipinski definition) is 0. The number of aromatic nitrogens is 1. The molecule has 0 spiro atoms. The standard InChI is InChI=1S/C29H34ClN3O/c1-20-7-8-22(18-27(20)30)17-23-10-14-33(19-21(23)2)24-11-15-32(16-12-24)29(34)26-9-13-31-28-6-4-3-5-25(26)28/h3-9,13,18,21,23-24H,10-12,14-17,19H2,1-2H3. The molecule has 2 atom stereocenters. The highest BCUT2D eigenvalue weighted by atomic mass is 35.5. The molecule has 2 saturated heterocycles. The quantitative estimate of drug-likeness (QED) is 0.464. The number of aryl methyl sites for hydroxylation is 1. The first-order chi connectivity index (χ1) is 16.5. The molecule has 2 fully saturated rings. The van der Waals surface area contributed by atoms with E-state index in [1.165, 1.54) is 12.0 Å². The van der Waals surface area contributed by atoms with Gasteiger partial charge < -0.3 is 4.90 Å². The van der Waals surface area contributed by atoms with Gasteiger partial charge in [0.15, 0.2) is 0 Å². The lowest BCUT2D eigenvalue weighted by Gasteiger charge is -2.44. The van der Waals surface area contributed by atoms with Crippen molar-refractivity contribution in [3.05, 3.63) is 76.4 Å². The number of fused-ring (bicyclic) bond motifs is 1. The van der Waals surface area contributed by atoms with Crippen molar-refractivity contribution in [1.29, 1.82) is 0 Å². The number of likely N-dealkylation sites (tertiary alicyclic amines) is 2. The van der Waals surface area contributed by atoms with Crippen molar-refractivity contribution in [2.45, 2.75) is 45.6 Å². The molecule has 0 saturated carbocycles. The molecule has 1 amide bonds. The summed E-state index contributed by atoms with van der Waals surface area (Å²) < 4.78 is 0. The van der Waals surface area contributed by atoms with E-state index in [0.717, 1.165) is 72.5 Å². The summed E-state index contributed by atoms with van der Waals surface area (Å²) in [6, 6.07) is 16.9. The molecule has 0 aliphatic carbocycles. The van der Waals surface area contributed by atoms with Gasteiger partial charge in [-0.15, -0.1) is 0 Å². The molecule has 3 aromatic rings. The van der Waals surface area contributed by atoms with Crippen LogP contribution in [0.5, 0.6) is 0 Å². The lowest BCUT2D eigenvalue weighted by atomic mass is 9.81. The normalized spacial score (nSPS) is 22.3. The number of carbonyl (C=O) groups excluding carboxylic acids is 1. The van der Waals surface area contributed by atoms with Crippen LogP contribution in [0.1, 0.15) is 47.7 Å². The minimum Gasteiger partial charge on any atom is -0.339 e. The van der Waals surface area contributed by atoms with Gasteiger partial charge in [-0.1, -0.05) is 48.9 Å². The van der Waals surface area contributed by atoms with E-state index >= 15 is 0 Å². The molecule has 3 heterocycles. The fourth-order valence-electron chi connectivity index (χ4n) is 5.81. The number of para-hydroxylation sites is 1. The Morgan fingerprint density at radius 3 is 2.62 bits per heavy atom. The minimum absolute atomic E-state index is 0.140. The molecule has 0 radical (unpaired) electrons. The minimum atomic E-state index is 0.140. The number of pyridine rings is 1. The van der Waals surface area contributed by atoms with Crippen LogP contribution in [0.25, 0.3) is 10.9 Å². The third-order valence-electron chi connectivity index (χ3n) is 8.00. The number of amides is 1. The Morgan fingerprint density at radius 2 is 1.85 bits per heavy atom. The second kappa shape index (κ2) is 10.1. The predicted octanol–water partition coefficient (Wildman–Crippen LogP) is 6.00. The number of hydrogen-bond acceptors (Lipinski definition) is 3. The summed E-state index contributed by atoms with van der Waals surface area (Å²) in [5.41, 5.74) is 4.16. The molecule has 2 aromatic carbocycles. The largest absolute Gasteiger partial charge is 0.339 e. The highest BCUT2D eigenvalue weighted by Crippen LogP contribution is 2.31. The van der Waals surface area contributed by atoms with Crippen LogP contribution < -0.4 is 0 Å². The van der Waals surface area contributed by atoms with Gasteiger partial charge in [-0.05, 0) is 80.3 Å². The number of halogens is 1. The van der Waals surface area contributed by atoms with Crippen molar-refractivity contribution in [2.75, 3.05) is 26.2 Å². The predicted molar refractivity (Wildman–Crippen MR) is 139 cm³/mol. The van der Waals surface area contributed by atoms with E-state index in [0.29, 0.717) is 17.9 Å². The van der Waals surface area contributed by atoms with E-state index in [9.17, 15) is 4.79 Å². The van der Waals surface area contributed by atoms with E-state index in [1.807, 2.05) is 35.2 Å². The summed E-state index contributed by atoms with van der Waals surface area (Å²) >= 11 is 6.36. The molecule has 0 bridgehead atoms. The van der Waals surface area contributed by atoms with Gasteiger partial charge in [0.2, 0.25) is 0 Å².